The molecule has 8 heteroatoms. The molecule has 2 aromatic heterocycles. The van der Waals surface area contributed by atoms with Gasteiger partial charge in [0.1, 0.15) is 11.0 Å². The predicted molar refractivity (Wildman–Crippen MR) is 67.9 cm³/mol. The molecule has 0 saturated heterocycles. The summed E-state index contributed by atoms with van der Waals surface area (Å²) in [6.07, 6.45) is 0. The quantitative estimate of drug-likeness (QED) is 0.474. The number of nitro benzene ring substituents is 1. The van der Waals surface area contributed by atoms with Crippen LogP contribution < -0.4 is 5.56 Å². The zero-order valence-corrected chi connectivity index (χ0v) is 10.2. The summed E-state index contributed by atoms with van der Waals surface area (Å²) >= 11 is 0. The van der Waals surface area contributed by atoms with Crippen LogP contribution in [0.4, 0.5) is 5.69 Å². The van der Waals surface area contributed by atoms with E-state index in [4.69, 9.17) is 0 Å². The standard InChI is InChI=1S/C11H9N5O3/c1-14-10-6(4-3-5-7(10)16(18)19)8-9(11(14)17)13-15(2)12-8/h3-5H,1-2H3. The van der Waals surface area contributed by atoms with Crippen LogP contribution in [0, 0.1) is 10.1 Å². The molecule has 2 heterocycles. The van der Waals surface area contributed by atoms with Gasteiger partial charge < -0.3 is 4.57 Å². The fourth-order valence-corrected chi connectivity index (χ4v) is 2.21. The van der Waals surface area contributed by atoms with Crippen LogP contribution in [0.2, 0.25) is 0 Å². The van der Waals surface area contributed by atoms with E-state index >= 15 is 0 Å². The zero-order valence-electron chi connectivity index (χ0n) is 10.2. The second-order valence-electron chi connectivity index (χ2n) is 4.18. The highest BCUT2D eigenvalue weighted by Crippen LogP contribution is 2.27. The number of nitrogens with zero attached hydrogens (tertiary/aromatic N) is 5. The van der Waals surface area contributed by atoms with Gasteiger partial charge in [0.15, 0.2) is 5.52 Å². The van der Waals surface area contributed by atoms with E-state index < -0.39 is 10.5 Å². The number of rotatable bonds is 1. The van der Waals surface area contributed by atoms with Crippen molar-refractivity contribution in [2.45, 2.75) is 0 Å². The van der Waals surface area contributed by atoms with Gasteiger partial charge in [0, 0.05) is 25.5 Å². The first-order chi connectivity index (χ1) is 9.00. The third-order valence-electron chi connectivity index (χ3n) is 3.02. The van der Waals surface area contributed by atoms with Crippen LogP contribution in [0.5, 0.6) is 0 Å². The predicted octanol–water partition coefficient (Wildman–Crippen LogP) is 0.728. The minimum absolute atomic E-state index is 0.121. The fourth-order valence-electron chi connectivity index (χ4n) is 2.21. The lowest BCUT2D eigenvalue weighted by molar-refractivity contribution is -0.383. The lowest BCUT2D eigenvalue weighted by atomic mass is 10.1. The Labute approximate surface area is 106 Å². The molecule has 0 aliphatic rings. The van der Waals surface area contributed by atoms with Crippen molar-refractivity contribution < 1.29 is 4.92 Å². The van der Waals surface area contributed by atoms with Crippen LogP contribution in [0.1, 0.15) is 0 Å². The molecule has 3 rings (SSSR count). The Morgan fingerprint density at radius 2 is 1.89 bits per heavy atom. The van der Waals surface area contributed by atoms with Crippen LogP contribution in [0.3, 0.4) is 0 Å². The third-order valence-corrected chi connectivity index (χ3v) is 3.02. The maximum Gasteiger partial charge on any atom is 0.293 e. The molecular formula is C11H9N5O3. The highest BCUT2D eigenvalue weighted by Gasteiger charge is 2.20. The lowest BCUT2D eigenvalue weighted by Crippen LogP contribution is -2.18. The Morgan fingerprint density at radius 3 is 2.58 bits per heavy atom. The van der Waals surface area contributed by atoms with Crippen LogP contribution in [0.15, 0.2) is 23.0 Å². The summed E-state index contributed by atoms with van der Waals surface area (Å²) in [4.78, 5) is 24.0. The van der Waals surface area contributed by atoms with Crippen LogP contribution >= 0.6 is 0 Å². The van der Waals surface area contributed by atoms with Gasteiger partial charge in [-0.2, -0.15) is 9.90 Å². The number of aromatic nitrogens is 4. The van der Waals surface area contributed by atoms with E-state index in [9.17, 15) is 14.9 Å². The normalized spacial score (nSPS) is 11.3. The van der Waals surface area contributed by atoms with Gasteiger partial charge in [0.25, 0.3) is 11.2 Å². The number of benzene rings is 1. The Hall–Kier alpha value is -2.77. The number of hydrogen-bond donors (Lipinski definition) is 0. The summed E-state index contributed by atoms with van der Waals surface area (Å²) < 4.78 is 1.24. The van der Waals surface area contributed by atoms with Crippen molar-refractivity contribution in [1.82, 2.24) is 19.6 Å². The van der Waals surface area contributed by atoms with Crippen molar-refractivity contribution in [1.29, 1.82) is 0 Å². The van der Waals surface area contributed by atoms with E-state index in [0.717, 1.165) is 0 Å². The number of nitro groups is 1. The van der Waals surface area contributed by atoms with E-state index in [0.29, 0.717) is 10.9 Å². The minimum atomic E-state index is -0.510. The molecule has 0 N–H and O–H groups in total. The van der Waals surface area contributed by atoms with E-state index in [1.165, 1.54) is 22.5 Å². The second-order valence-corrected chi connectivity index (χ2v) is 4.18. The Balaban J connectivity index is 2.69. The molecule has 1 aromatic carbocycles. The largest absolute Gasteiger partial charge is 0.303 e. The van der Waals surface area contributed by atoms with E-state index in [1.54, 1.807) is 19.2 Å². The maximum absolute atomic E-state index is 12.2. The summed E-state index contributed by atoms with van der Waals surface area (Å²) in [7, 11) is 3.09. The van der Waals surface area contributed by atoms with Crippen LogP contribution in [-0.4, -0.2) is 24.5 Å². The van der Waals surface area contributed by atoms with Crippen molar-refractivity contribution in [2.75, 3.05) is 0 Å². The van der Waals surface area contributed by atoms with Gasteiger partial charge >= 0.3 is 0 Å². The first kappa shape index (κ1) is 11.3. The molecule has 0 spiro atoms. The molecule has 0 amide bonds. The molecule has 8 nitrogen and oxygen atoms in total. The van der Waals surface area contributed by atoms with Gasteiger partial charge in [0.05, 0.1) is 4.92 Å². The molecule has 0 unspecified atom stereocenters. The van der Waals surface area contributed by atoms with Gasteiger partial charge in [-0.05, 0) is 0 Å². The van der Waals surface area contributed by atoms with Gasteiger partial charge in [0.2, 0.25) is 0 Å². The number of non-ortho nitro benzene ring substituents is 1. The zero-order chi connectivity index (χ0) is 13.7. The fraction of sp³-hybridized carbons (Fsp3) is 0.182. The molecule has 0 atom stereocenters. The molecule has 0 saturated carbocycles. The molecule has 0 aliphatic carbocycles. The highest BCUT2D eigenvalue weighted by atomic mass is 16.6. The topological polar surface area (TPSA) is 95.8 Å². The SMILES string of the molecule is Cn1nc2c(=O)n(C)c3c([N+](=O)[O-])cccc3c2n1. The molecule has 0 radical (unpaired) electrons. The van der Waals surface area contributed by atoms with Gasteiger partial charge in [-0.25, -0.2) is 0 Å². The molecule has 0 aliphatic heterocycles. The maximum atomic E-state index is 12.2. The third kappa shape index (κ3) is 1.43. The summed E-state index contributed by atoms with van der Waals surface area (Å²) in [6.45, 7) is 0. The van der Waals surface area contributed by atoms with Crippen molar-refractivity contribution in [3.8, 4) is 0 Å². The minimum Gasteiger partial charge on any atom is -0.303 e. The summed E-state index contributed by atoms with van der Waals surface area (Å²) in [6, 6.07) is 4.63. The number of fused-ring (bicyclic) bond motifs is 3. The summed E-state index contributed by atoms with van der Waals surface area (Å²) in [5, 5.41) is 19.7. The molecule has 3 aromatic rings. The average molecular weight is 259 g/mol. The monoisotopic (exact) mass is 259 g/mol. The Bertz CT molecular complexity index is 893. The number of pyridine rings is 1. The molecule has 0 bridgehead atoms. The smallest absolute Gasteiger partial charge is 0.293 e. The van der Waals surface area contributed by atoms with E-state index in [-0.39, 0.29) is 16.7 Å². The van der Waals surface area contributed by atoms with Crippen molar-refractivity contribution in [3.05, 3.63) is 38.7 Å². The lowest BCUT2D eigenvalue weighted by Gasteiger charge is -2.05. The molecule has 96 valence electrons. The first-order valence-corrected chi connectivity index (χ1v) is 5.48. The average Bonchev–Trinajstić information content (AvgIpc) is 2.77. The van der Waals surface area contributed by atoms with Crippen LogP contribution in [-0.2, 0) is 14.1 Å². The number of hydrogen-bond acceptors (Lipinski definition) is 5. The second kappa shape index (κ2) is 3.61. The summed E-state index contributed by atoms with van der Waals surface area (Å²) in [5.74, 6) is 0. The molecular weight excluding hydrogens is 250 g/mol. The van der Waals surface area contributed by atoms with Crippen LogP contribution in [0.25, 0.3) is 21.9 Å². The Kier molecular flexibility index (Phi) is 2.15. The first-order valence-electron chi connectivity index (χ1n) is 5.48. The van der Waals surface area contributed by atoms with Crippen molar-refractivity contribution >= 4 is 27.6 Å². The Morgan fingerprint density at radius 1 is 1.21 bits per heavy atom. The molecule has 19 heavy (non-hydrogen) atoms. The van der Waals surface area contributed by atoms with Gasteiger partial charge in [-0.15, -0.1) is 5.10 Å². The van der Waals surface area contributed by atoms with Crippen molar-refractivity contribution in [2.24, 2.45) is 14.1 Å². The number of para-hydroxylation sites is 1. The van der Waals surface area contributed by atoms with E-state index in [1.807, 2.05) is 0 Å². The van der Waals surface area contributed by atoms with Gasteiger partial charge in [-0.1, -0.05) is 12.1 Å². The van der Waals surface area contributed by atoms with E-state index in [2.05, 4.69) is 10.2 Å². The van der Waals surface area contributed by atoms with Crippen molar-refractivity contribution in [3.63, 3.8) is 0 Å². The summed E-state index contributed by atoms with van der Waals surface area (Å²) in [5.41, 5.74) is 0.322. The molecule has 0 fully saturated rings. The van der Waals surface area contributed by atoms with Gasteiger partial charge in [-0.3, -0.25) is 14.9 Å². The number of aryl methyl sites for hydroxylation is 2. The highest BCUT2D eigenvalue weighted by molar-refractivity contribution is 6.04.